The summed E-state index contributed by atoms with van der Waals surface area (Å²) in [5, 5.41) is 20.1. The molecule has 3 rings (SSSR count). The standard InChI is InChI=1S/C21H19BrN2O5S/c1-3-24-19(26)17(10-13-8-14(22)11-16(18(13)25)29-4-2)30-21(24)23-15-7-5-6-12(9-15)20(27)28/h5-11,25H,3-4H2,1-2H3,(H,27,28)/b17-10-,23-21?. The van der Waals surface area contributed by atoms with E-state index in [1.54, 1.807) is 30.3 Å². The van der Waals surface area contributed by atoms with Gasteiger partial charge in [0.2, 0.25) is 0 Å². The smallest absolute Gasteiger partial charge is 0.335 e. The van der Waals surface area contributed by atoms with E-state index in [1.807, 2.05) is 13.8 Å². The Morgan fingerprint density at radius 3 is 2.73 bits per heavy atom. The number of rotatable bonds is 6. The normalized spacial score (nSPS) is 16.5. The second-order valence-electron chi connectivity index (χ2n) is 6.18. The summed E-state index contributed by atoms with van der Waals surface area (Å²) in [5.74, 6) is -1.02. The van der Waals surface area contributed by atoms with Crippen molar-refractivity contribution in [2.45, 2.75) is 13.8 Å². The zero-order chi connectivity index (χ0) is 21.8. The maximum Gasteiger partial charge on any atom is 0.335 e. The Labute approximate surface area is 186 Å². The van der Waals surface area contributed by atoms with Crippen LogP contribution >= 0.6 is 27.7 Å². The average molecular weight is 491 g/mol. The second kappa shape index (κ2) is 9.36. The monoisotopic (exact) mass is 490 g/mol. The minimum absolute atomic E-state index is 0.0523. The van der Waals surface area contributed by atoms with Gasteiger partial charge in [-0.05, 0) is 62.0 Å². The summed E-state index contributed by atoms with van der Waals surface area (Å²) in [6, 6.07) is 9.56. The molecule has 1 aliphatic rings. The number of nitrogens with zero attached hydrogens (tertiary/aromatic N) is 2. The number of thioether (sulfide) groups is 1. The quantitative estimate of drug-likeness (QED) is 0.560. The van der Waals surface area contributed by atoms with Gasteiger partial charge < -0.3 is 14.9 Å². The third-order valence-electron chi connectivity index (χ3n) is 4.18. The van der Waals surface area contributed by atoms with E-state index in [4.69, 9.17) is 9.84 Å². The highest BCUT2D eigenvalue weighted by Crippen LogP contribution is 2.39. The molecule has 1 heterocycles. The number of phenolic OH excluding ortho intramolecular Hbond substituents is 1. The lowest BCUT2D eigenvalue weighted by molar-refractivity contribution is -0.122. The number of hydrogen-bond acceptors (Lipinski definition) is 6. The topological polar surface area (TPSA) is 99.4 Å². The molecule has 0 bridgehead atoms. The van der Waals surface area contributed by atoms with Crippen molar-refractivity contribution < 1.29 is 24.5 Å². The van der Waals surface area contributed by atoms with Gasteiger partial charge in [-0.1, -0.05) is 22.0 Å². The zero-order valence-electron chi connectivity index (χ0n) is 16.3. The van der Waals surface area contributed by atoms with Crippen LogP contribution in [0.5, 0.6) is 11.5 Å². The molecule has 9 heteroatoms. The Hall–Kier alpha value is -2.78. The van der Waals surface area contributed by atoms with Crippen LogP contribution in [-0.4, -0.2) is 45.3 Å². The third kappa shape index (κ3) is 4.68. The Balaban J connectivity index is 1.99. The fourth-order valence-electron chi connectivity index (χ4n) is 2.80. The van der Waals surface area contributed by atoms with Gasteiger partial charge in [0.15, 0.2) is 16.7 Å². The molecular weight excluding hydrogens is 472 g/mol. The van der Waals surface area contributed by atoms with Crippen molar-refractivity contribution in [3.8, 4) is 11.5 Å². The highest BCUT2D eigenvalue weighted by molar-refractivity contribution is 9.10. The Kier molecular flexibility index (Phi) is 6.84. The predicted molar refractivity (Wildman–Crippen MR) is 120 cm³/mol. The number of ether oxygens (including phenoxy) is 1. The lowest BCUT2D eigenvalue weighted by Gasteiger charge is -2.12. The largest absolute Gasteiger partial charge is 0.504 e. The summed E-state index contributed by atoms with van der Waals surface area (Å²) in [6.45, 7) is 4.43. The molecule has 1 amide bonds. The molecule has 2 aromatic carbocycles. The van der Waals surface area contributed by atoms with Gasteiger partial charge in [-0.2, -0.15) is 0 Å². The van der Waals surface area contributed by atoms with E-state index in [-0.39, 0.29) is 17.2 Å². The van der Waals surface area contributed by atoms with Crippen molar-refractivity contribution in [3.63, 3.8) is 0 Å². The molecule has 156 valence electrons. The van der Waals surface area contributed by atoms with Crippen molar-refractivity contribution in [1.82, 2.24) is 4.90 Å². The average Bonchev–Trinajstić information content (AvgIpc) is 3.00. The number of aromatic hydroxyl groups is 1. The molecule has 0 saturated carbocycles. The number of carboxylic acids is 1. The van der Waals surface area contributed by atoms with Crippen LogP contribution in [-0.2, 0) is 4.79 Å². The maximum atomic E-state index is 12.9. The molecule has 0 aliphatic carbocycles. The molecule has 2 aromatic rings. The molecule has 0 spiro atoms. The minimum Gasteiger partial charge on any atom is -0.504 e. The molecule has 2 N–H and O–H groups in total. The number of carboxylic acid groups (broad SMARTS) is 1. The number of amidine groups is 1. The van der Waals surface area contributed by atoms with Crippen molar-refractivity contribution in [2.24, 2.45) is 4.99 Å². The van der Waals surface area contributed by atoms with Crippen molar-refractivity contribution in [1.29, 1.82) is 0 Å². The van der Waals surface area contributed by atoms with Crippen LogP contribution in [0.25, 0.3) is 6.08 Å². The highest BCUT2D eigenvalue weighted by atomic mass is 79.9. The van der Waals surface area contributed by atoms with Crippen LogP contribution < -0.4 is 4.74 Å². The van der Waals surface area contributed by atoms with E-state index in [0.29, 0.717) is 44.7 Å². The second-order valence-corrected chi connectivity index (χ2v) is 8.11. The van der Waals surface area contributed by atoms with Gasteiger partial charge in [-0.3, -0.25) is 9.69 Å². The van der Waals surface area contributed by atoms with Gasteiger partial charge in [0, 0.05) is 16.6 Å². The Bertz CT molecular complexity index is 1070. The van der Waals surface area contributed by atoms with Crippen LogP contribution in [0.4, 0.5) is 5.69 Å². The van der Waals surface area contributed by atoms with E-state index in [1.165, 1.54) is 17.0 Å². The van der Waals surface area contributed by atoms with Gasteiger partial charge in [0.1, 0.15) is 0 Å². The first-order valence-corrected chi connectivity index (χ1v) is 10.7. The van der Waals surface area contributed by atoms with E-state index >= 15 is 0 Å². The molecule has 0 aromatic heterocycles. The van der Waals surface area contributed by atoms with Gasteiger partial charge >= 0.3 is 5.97 Å². The number of aliphatic imine (C=N–C) groups is 1. The molecule has 1 fully saturated rings. The first kappa shape index (κ1) is 21.9. The molecule has 1 saturated heterocycles. The number of hydrogen-bond donors (Lipinski definition) is 2. The molecule has 0 radical (unpaired) electrons. The summed E-state index contributed by atoms with van der Waals surface area (Å²) in [6.07, 6.45) is 1.59. The predicted octanol–water partition coefficient (Wildman–Crippen LogP) is 4.88. The summed E-state index contributed by atoms with van der Waals surface area (Å²) in [7, 11) is 0. The number of halogens is 1. The van der Waals surface area contributed by atoms with Gasteiger partial charge in [-0.15, -0.1) is 0 Å². The lowest BCUT2D eigenvalue weighted by atomic mass is 10.1. The van der Waals surface area contributed by atoms with Crippen LogP contribution in [0, 0.1) is 0 Å². The van der Waals surface area contributed by atoms with Crippen LogP contribution in [0.15, 0.2) is 50.8 Å². The van der Waals surface area contributed by atoms with Crippen molar-refractivity contribution in [3.05, 3.63) is 56.9 Å². The van der Waals surface area contributed by atoms with Crippen LogP contribution in [0.3, 0.4) is 0 Å². The van der Waals surface area contributed by atoms with Crippen molar-refractivity contribution >= 4 is 56.5 Å². The molecule has 1 aliphatic heterocycles. The SMILES string of the molecule is CCOc1cc(Br)cc(/C=C2\SC(=Nc3cccc(C(=O)O)c3)N(CC)C2=O)c1O. The molecule has 0 unspecified atom stereocenters. The van der Waals surface area contributed by atoms with E-state index in [0.717, 1.165) is 11.8 Å². The Morgan fingerprint density at radius 1 is 1.30 bits per heavy atom. The van der Waals surface area contributed by atoms with E-state index < -0.39 is 5.97 Å². The summed E-state index contributed by atoms with van der Waals surface area (Å²) in [4.78, 5) is 30.4. The third-order valence-corrected chi connectivity index (χ3v) is 5.64. The fraction of sp³-hybridized carbons (Fsp3) is 0.190. The number of phenols is 1. The van der Waals surface area contributed by atoms with Gasteiger partial charge in [-0.25, -0.2) is 9.79 Å². The number of aromatic carboxylic acids is 1. The summed E-state index contributed by atoms with van der Waals surface area (Å²) in [5.41, 5.74) is 0.996. The number of amides is 1. The minimum atomic E-state index is -1.05. The van der Waals surface area contributed by atoms with Crippen LogP contribution in [0.2, 0.25) is 0 Å². The summed E-state index contributed by atoms with van der Waals surface area (Å²) >= 11 is 4.55. The van der Waals surface area contributed by atoms with E-state index in [2.05, 4.69) is 20.9 Å². The molecule has 7 nitrogen and oxygen atoms in total. The lowest BCUT2D eigenvalue weighted by Crippen LogP contribution is -2.28. The molecule has 30 heavy (non-hydrogen) atoms. The first-order chi connectivity index (χ1) is 14.3. The number of carbonyl (C=O) groups is 2. The van der Waals surface area contributed by atoms with Gasteiger partial charge in [0.25, 0.3) is 5.91 Å². The summed E-state index contributed by atoms with van der Waals surface area (Å²) < 4.78 is 6.15. The zero-order valence-corrected chi connectivity index (χ0v) is 18.7. The number of likely N-dealkylation sites (N-methyl/N-ethyl adjacent to an activating group) is 1. The first-order valence-electron chi connectivity index (χ1n) is 9.12. The fourth-order valence-corrected chi connectivity index (χ4v) is 4.31. The number of carbonyl (C=O) groups excluding carboxylic acids is 1. The Morgan fingerprint density at radius 2 is 2.07 bits per heavy atom. The molecule has 0 atom stereocenters. The molecular formula is C21H19BrN2O5S. The number of benzene rings is 2. The highest BCUT2D eigenvalue weighted by Gasteiger charge is 2.32. The maximum absolute atomic E-state index is 12.9. The van der Waals surface area contributed by atoms with Crippen LogP contribution in [0.1, 0.15) is 29.8 Å². The van der Waals surface area contributed by atoms with Gasteiger partial charge in [0.05, 0.1) is 22.8 Å². The van der Waals surface area contributed by atoms with Crippen molar-refractivity contribution in [2.75, 3.05) is 13.2 Å². The van der Waals surface area contributed by atoms with E-state index in [9.17, 15) is 14.7 Å².